The van der Waals surface area contributed by atoms with E-state index in [9.17, 15) is 22.7 Å². The molecule has 1 heterocycles. The Morgan fingerprint density at radius 3 is 2.35 bits per heavy atom. The largest absolute Gasteiger partial charge is 0.393 e. The van der Waals surface area contributed by atoms with Crippen LogP contribution in [0.5, 0.6) is 0 Å². The van der Waals surface area contributed by atoms with E-state index in [4.69, 9.17) is 0 Å². The molecule has 3 nitrogen and oxygen atoms in total. The van der Waals surface area contributed by atoms with Crippen molar-refractivity contribution < 1.29 is 22.7 Å². The van der Waals surface area contributed by atoms with Crippen molar-refractivity contribution in [2.45, 2.75) is 64.6 Å². The molecule has 1 aliphatic heterocycles. The number of allylic oxidation sites excluding steroid dienone is 3. The number of aliphatic hydroxyl groups excluding tert-OH is 1. The fourth-order valence-corrected chi connectivity index (χ4v) is 5.43. The Kier molecular flexibility index (Phi) is 8.02. The summed E-state index contributed by atoms with van der Waals surface area (Å²) >= 11 is 0. The molecular formula is C27H32F4N2O. The lowest BCUT2D eigenvalue weighted by Crippen LogP contribution is -2.31. The smallest absolute Gasteiger partial charge is 0.132 e. The number of hydrogen-bond donors (Lipinski definition) is 1. The van der Waals surface area contributed by atoms with E-state index in [1.165, 1.54) is 6.08 Å². The third-order valence-corrected chi connectivity index (χ3v) is 7.51. The Bertz CT molecular complexity index is 985. The van der Waals surface area contributed by atoms with Gasteiger partial charge < -0.3 is 5.11 Å². The highest BCUT2D eigenvalue weighted by Gasteiger charge is 2.31. The summed E-state index contributed by atoms with van der Waals surface area (Å²) in [5.74, 6) is -1.24. The Labute approximate surface area is 198 Å². The first kappa shape index (κ1) is 24.8. The number of rotatable bonds is 7. The van der Waals surface area contributed by atoms with Gasteiger partial charge in [0.05, 0.1) is 11.7 Å². The number of benzene rings is 1. The molecule has 3 atom stereocenters. The van der Waals surface area contributed by atoms with Gasteiger partial charge in [-0.05, 0) is 74.1 Å². The molecule has 1 N–H and O–H groups in total. The number of halogens is 4. The van der Waals surface area contributed by atoms with Gasteiger partial charge in [-0.25, -0.2) is 22.6 Å². The van der Waals surface area contributed by atoms with Crippen molar-refractivity contribution in [2.24, 2.45) is 33.7 Å². The minimum Gasteiger partial charge on any atom is -0.393 e. The predicted octanol–water partition coefficient (Wildman–Crippen LogP) is 6.76. The minimum absolute atomic E-state index is 0.0493. The number of aliphatic hydroxyl groups is 1. The van der Waals surface area contributed by atoms with Crippen molar-refractivity contribution in [1.82, 2.24) is 0 Å². The van der Waals surface area contributed by atoms with Crippen LogP contribution in [0, 0.1) is 35.3 Å². The van der Waals surface area contributed by atoms with E-state index in [1.54, 1.807) is 6.08 Å². The summed E-state index contributed by atoms with van der Waals surface area (Å²) in [6.07, 6.45) is 11.2. The monoisotopic (exact) mass is 476 g/mol. The molecule has 3 aliphatic rings. The molecule has 3 unspecified atom stereocenters. The molecule has 1 fully saturated rings. The molecule has 184 valence electrons. The van der Waals surface area contributed by atoms with Crippen LogP contribution in [-0.2, 0) is 6.67 Å². The number of hydrogen-bond acceptors (Lipinski definition) is 3. The van der Waals surface area contributed by atoms with E-state index >= 15 is 0 Å². The first-order valence-corrected chi connectivity index (χ1v) is 12.3. The molecule has 0 amide bonds. The van der Waals surface area contributed by atoms with Crippen molar-refractivity contribution in [3.05, 3.63) is 52.9 Å². The SMILES string of the molecule is CCCC(O)C1CCC(C2C=NC(C3C=C(F)C(c4cc(F)c(CF)c(F)c4)=CC3)=NC2)CC1. The van der Waals surface area contributed by atoms with Crippen molar-refractivity contribution in [3.8, 4) is 0 Å². The first-order chi connectivity index (χ1) is 16.4. The van der Waals surface area contributed by atoms with Crippen LogP contribution in [0.1, 0.15) is 63.0 Å². The average Bonchev–Trinajstić information content (AvgIpc) is 2.84. The number of amidine groups is 1. The highest BCUT2D eigenvalue weighted by Crippen LogP contribution is 2.37. The maximum atomic E-state index is 14.9. The van der Waals surface area contributed by atoms with Crippen LogP contribution in [0.4, 0.5) is 17.6 Å². The van der Waals surface area contributed by atoms with Gasteiger partial charge in [0, 0.05) is 30.2 Å². The summed E-state index contributed by atoms with van der Waals surface area (Å²) < 4.78 is 55.5. The van der Waals surface area contributed by atoms with Crippen LogP contribution in [0.25, 0.3) is 5.57 Å². The second-order valence-corrected chi connectivity index (χ2v) is 9.70. The van der Waals surface area contributed by atoms with Crippen LogP contribution in [0.3, 0.4) is 0 Å². The van der Waals surface area contributed by atoms with Crippen LogP contribution < -0.4 is 0 Å². The lowest BCUT2D eigenvalue weighted by molar-refractivity contribution is 0.0627. The van der Waals surface area contributed by atoms with Crippen molar-refractivity contribution in [3.63, 3.8) is 0 Å². The van der Waals surface area contributed by atoms with Crippen molar-refractivity contribution in [2.75, 3.05) is 6.54 Å². The molecule has 34 heavy (non-hydrogen) atoms. The zero-order valence-electron chi connectivity index (χ0n) is 19.5. The minimum atomic E-state index is -1.25. The lowest BCUT2D eigenvalue weighted by atomic mass is 9.73. The maximum Gasteiger partial charge on any atom is 0.132 e. The van der Waals surface area contributed by atoms with Gasteiger partial charge in [0.1, 0.15) is 30.0 Å². The van der Waals surface area contributed by atoms with Gasteiger partial charge in [0.15, 0.2) is 0 Å². The second-order valence-electron chi connectivity index (χ2n) is 9.70. The standard InChI is InChI=1S/C27H32F4N2O/c1-2-3-26(34)17-6-4-16(5-7-17)20-14-32-27(33-15-20)18-8-9-21(23(29)10-18)19-11-24(30)22(13-28)25(31)12-19/h9-12,14,16-18,20,26,34H,2-8,13,15H2,1H3. The second kappa shape index (κ2) is 11.0. The van der Waals surface area contributed by atoms with Crippen molar-refractivity contribution in [1.29, 1.82) is 0 Å². The highest BCUT2D eigenvalue weighted by atomic mass is 19.1. The molecular weight excluding hydrogens is 444 g/mol. The number of alkyl halides is 1. The normalized spacial score (nSPS) is 28.2. The molecule has 7 heteroatoms. The summed E-state index contributed by atoms with van der Waals surface area (Å²) in [4.78, 5) is 9.19. The third-order valence-electron chi connectivity index (χ3n) is 7.51. The number of aliphatic imine (C=N–C) groups is 2. The quantitative estimate of drug-likeness (QED) is 0.434. The van der Waals surface area contributed by atoms with Gasteiger partial charge in [0.2, 0.25) is 0 Å². The topological polar surface area (TPSA) is 45.0 Å². The third kappa shape index (κ3) is 5.35. The fraction of sp³-hybridized carbons (Fsp3) is 0.556. The zero-order chi connectivity index (χ0) is 24.2. The summed E-state index contributed by atoms with van der Waals surface area (Å²) in [5, 5.41) is 10.3. The summed E-state index contributed by atoms with van der Waals surface area (Å²) in [5.41, 5.74) is -0.499. The van der Waals surface area contributed by atoms with Gasteiger partial charge in [-0.15, -0.1) is 0 Å². The van der Waals surface area contributed by atoms with Crippen LogP contribution in [0.2, 0.25) is 0 Å². The Morgan fingerprint density at radius 1 is 1.09 bits per heavy atom. The van der Waals surface area contributed by atoms with E-state index in [-0.39, 0.29) is 29.1 Å². The van der Waals surface area contributed by atoms with Crippen LogP contribution in [0.15, 0.2) is 40.1 Å². The van der Waals surface area contributed by atoms with Crippen molar-refractivity contribution >= 4 is 17.6 Å². The summed E-state index contributed by atoms with van der Waals surface area (Å²) in [7, 11) is 0. The maximum absolute atomic E-state index is 14.9. The van der Waals surface area contributed by atoms with Gasteiger partial charge in [0.25, 0.3) is 0 Å². The highest BCUT2D eigenvalue weighted by molar-refractivity contribution is 5.96. The molecule has 0 saturated heterocycles. The van der Waals surface area contributed by atoms with E-state index in [0.717, 1.165) is 50.7 Å². The molecule has 1 saturated carbocycles. The average molecular weight is 477 g/mol. The Morgan fingerprint density at radius 2 is 1.79 bits per heavy atom. The number of nitrogens with zero attached hydrogens (tertiary/aromatic N) is 2. The Hall–Kier alpha value is -2.28. The molecule has 1 aromatic carbocycles. The fourth-order valence-electron chi connectivity index (χ4n) is 5.43. The van der Waals surface area contributed by atoms with Gasteiger partial charge >= 0.3 is 0 Å². The van der Waals surface area contributed by atoms with Gasteiger partial charge in [-0.3, -0.25) is 4.99 Å². The molecule has 0 radical (unpaired) electrons. The van der Waals surface area contributed by atoms with Gasteiger partial charge in [-0.2, -0.15) is 0 Å². The molecule has 0 bridgehead atoms. The molecule has 2 aliphatic carbocycles. The van der Waals surface area contributed by atoms with E-state index < -0.39 is 29.7 Å². The van der Waals surface area contributed by atoms with E-state index in [0.29, 0.717) is 30.6 Å². The molecule has 1 aromatic rings. The first-order valence-electron chi connectivity index (χ1n) is 12.3. The van der Waals surface area contributed by atoms with Gasteiger partial charge in [-0.1, -0.05) is 19.4 Å². The Balaban J connectivity index is 1.35. The van der Waals surface area contributed by atoms with Crippen LogP contribution >= 0.6 is 0 Å². The summed E-state index contributed by atoms with van der Waals surface area (Å²) in [6, 6.07) is 1.93. The zero-order valence-corrected chi connectivity index (χ0v) is 19.5. The van der Waals surface area contributed by atoms with E-state index in [1.807, 2.05) is 6.21 Å². The molecule has 4 rings (SSSR count). The van der Waals surface area contributed by atoms with Crippen LogP contribution in [-0.4, -0.2) is 29.8 Å². The summed E-state index contributed by atoms with van der Waals surface area (Å²) in [6.45, 7) is 1.46. The predicted molar refractivity (Wildman–Crippen MR) is 127 cm³/mol. The lowest BCUT2D eigenvalue weighted by Gasteiger charge is -2.35. The molecule has 0 aromatic heterocycles. The molecule has 0 spiro atoms. The van der Waals surface area contributed by atoms with E-state index in [2.05, 4.69) is 16.9 Å².